The molecule has 0 aromatic rings. The lowest BCUT2D eigenvalue weighted by molar-refractivity contribution is -0.130. The molecule has 13 heavy (non-hydrogen) atoms. The fourth-order valence-electron chi connectivity index (χ4n) is 2.32. The second kappa shape index (κ2) is 4.75. The Hall–Kier alpha value is -0.370. The minimum Gasteiger partial charge on any atom is -0.329 e. The predicted molar refractivity (Wildman–Crippen MR) is 54.5 cm³/mol. The van der Waals surface area contributed by atoms with Crippen molar-refractivity contribution in [2.45, 2.75) is 51.9 Å². The van der Waals surface area contributed by atoms with E-state index in [1.165, 1.54) is 19.3 Å². The standard InChI is InChI=1S/C11H21NO/c1-2-6-10(13)11(9-12)7-4-3-5-8-11/h2-9,12H2,1H3. The molecule has 1 aliphatic carbocycles. The smallest absolute Gasteiger partial charge is 0.140 e. The summed E-state index contributed by atoms with van der Waals surface area (Å²) in [4.78, 5) is 11.9. The molecule has 0 spiro atoms. The van der Waals surface area contributed by atoms with Crippen molar-refractivity contribution in [2.24, 2.45) is 11.1 Å². The Balaban J connectivity index is 2.61. The molecule has 1 fully saturated rings. The number of hydrogen-bond acceptors (Lipinski definition) is 2. The zero-order valence-electron chi connectivity index (χ0n) is 8.64. The molecule has 2 N–H and O–H groups in total. The van der Waals surface area contributed by atoms with E-state index in [9.17, 15) is 4.79 Å². The molecule has 0 atom stereocenters. The van der Waals surface area contributed by atoms with Crippen molar-refractivity contribution in [3.63, 3.8) is 0 Å². The van der Waals surface area contributed by atoms with E-state index in [1.54, 1.807) is 0 Å². The zero-order chi connectivity index (χ0) is 9.73. The second-order valence-electron chi connectivity index (χ2n) is 4.22. The molecule has 1 saturated carbocycles. The average molecular weight is 183 g/mol. The molecule has 76 valence electrons. The van der Waals surface area contributed by atoms with Crippen LogP contribution in [-0.4, -0.2) is 12.3 Å². The van der Waals surface area contributed by atoms with Gasteiger partial charge >= 0.3 is 0 Å². The summed E-state index contributed by atoms with van der Waals surface area (Å²) in [6.45, 7) is 2.62. The highest BCUT2D eigenvalue weighted by Gasteiger charge is 2.36. The molecule has 0 bridgehead atoms. The van der Waals surface area contributed by atoms with Gasteiger partial charge in [0, 0.05) is 18.4 Å². The van der Waals surface area contributed by atoms with E-state index < -0.39 is 0 Å². The van der Waals surface area contributed by atoms with E-state index in [0.717, 1.165) is 25.7 Å². The van der Waals surface area contributed by atoms with Gasteiger partial charge in [0.2, 0.25) is 0 Å². The Labute approximate surface area is 80.9 Å². The van der Waals surface area contributed by atoms with Crippen LogP contribution in [0, 0.1) is 5.41 Å². The first kappa shape index (κ1) is 10.7. The van der Waals surface area contributed by atoms with E-state index in [0.29, 0.717) is 12.3 Å². The number of ketones is 1. The number of Topliss-reactive ketones (excluding diaryl/α,β-unsaturated/α-hetero) is 1. The van der Waals surface area contributed by atoms with Crippen LogP contribution >= 0.6 is 0 Å². The van der Waals surface area contributed by atoms with Crippen LogP contribution in [-0.2, 0) is 4.79 Å². The van der Waals surface area contributed by atoms with E-state index >= 15 is 0 Å². The van der Waals surface area contributed by atoms with Gasteiger partial charge in [-0.15, -0.1) is 0 Å². The van der Waals surface area contributed by atoms with Gasteiger partial charge in [-0.05, 0) is 19.3 Å². The summed E-state index contributed by atoms with van der Waals surface area (Å²) >= 11 is 0. The van der Waals surface area contributed by atoms with Crippen LogP contribution in [0.1, 0.15) is 51.9 Å². The number of carbonyl (C=O) groups is 1. The summed E-state index contributed by atoms with van der Waals surface area (Å²) in [6, 6.07) is 0. The van der Waals surface area contributed by atoms with Crippen molar-refractivity contribution in [3.8, 4) is 0 Å². The molecule has 0 amide bonds. The molecule has 2 nitrogen and oxygen atoms in total. The van der Waals surface area contributed by atoms with Gasteiger partial charge in [-0.1, -0.05) is 26.2 Å². The lowest BCUT2D eigenvalue weighted by Crippen LogP contribution is -2.40. The van der Waals surface area contributed by atoms with Crippen molar-refractivity contribution in [3.05, 3.63) is 0 Å². The van der Waals surface area contributed by atoms with Crippen LogP contribution in [0.4, 0.5) is 0 Å². The van der Waals surface area contributed by atoms with Crippen molar-refractivity contribution < 1.29 is 4.79 Å². The van der Waals surface area contributed by atoms with Crippen LogP contribution < -0.4 is 5.73 Å². The molecule has 1 aliphatic rings. The van der Waals surface area contributed by atoms with Gasteiger partial charge in [-0.3, -0.25) is 4.79 Å². The predicted octanol–water partition coefficient (Wildman–Crippen LogP) is 2.26. The molecule has 0 aliphatic heterocycles. The molecular weight excluding hydrogens is 162 g/mol. The molecule has 0 aromatic carbocycles. The maximum absolute atomic E-state index is 11.9. The van der Waals surface area contributed by atoms with Crippen LogP contribution in [0.25, 0.3) is 0 Å². The second-order valence-corrected chi connectivity index (χ2v) is 4.22. The maximum Gasteiger partial charge on any atom is 0.140 e. The zero-order valence-corrected chi connectivity index (χ0v) is 8.64. The summed E-state index contributed by atoms with van der Waals surface area (Å²) in [5, 5.41) is 0. The highest BCUT2D eigenvalue weighted by molar-refractivity contribution is 5.85. The Kier molecular flexibility index (Phi) is 3.91. The van der Waals surface area contributed by atoms with E-state index in [1.807, 2.05) is 0 Å². The maximum atomic E-state index is 11.9. The largest absolute Gasteiger partial charge is 0.329 e. The highest BCUT2D eigenvalue weighted by atomic mass is 16.1. The minimum atomic E-state index is -0.131. The van der Waals surface area contributed by atoms with Crippen molar-refractivity contribution in [2.75, 3.05) is 6.54 Å². The van der Waals surface area contributed by atoms with E-state index in [4.69, 9.17) is 5.73 Å². The van der Waals surface area contributed by atoms with Crippen LogP contribution in [0.2, 0.25) is 0 Å². The molecule has 2 heteroatoms. The first-order chi connectivity index (χ1) is 6.25. The number of hydrogen-bond donors (Lipinski definition) is 1. The number of nitrogens with two attached hydrogens (primary N) is 1. The van der Waals surface area contributed by atoms with Crippen LogP contribution in [0.5, 0.6) is 0 Å². The van der Waals surface area contributed by atoms with Crippen LogP contribution in [0.15, 0.2) is 0 Å². The Morgan fingerprint density at radius 3 is 2.38 bits per heavy atom. The molecule has 0 heterocycles. The molecular formula is C11H21NO. The lowest BCUT2D eigenvalue weighted by Gasteiger charge is -2.34. The molecule has 0 radical (unpaired) electrons. The van der Waals surface area contributed by atoms with Gasteiger partial charge in [-0.25, -0.2) is 0 Å². The topological polar surface area (TPSA) is 43.1 Å². The number of carbonyl (C=O) groups excluding carboxylic acids is 1. The van der Waals surface area contributed by atoms with E-state index in [-0.39, 0.29) is 5.41 Å². The van der Waals surface area contributed by atoms with Gasteiger partial charge < -0.3 is 5.73 Å². The van der Waals surface area contributed by atoms with Gasteiger partial charge in [-0.2, -0.15) is 0 Å². The minimum absolute atomic E-state index is 0.131. The fraction of sp³-hybridized carbons (Fsp3) is 0.909. The Bertz CT molecular complexity index is 171. The first-order valence-electron chi connectivity index (χ1n) is 5.48. The molecule has 0 aromatic heterocycles. The average Bonchev–Trinajstić information content (AvgIpc) is 2.19. The third-order valence-corrected chi connectivity index (χ3v) is 3.27. The summed E-state index contributed by atoms with van der Waals surface area (Å²) in [5.41, 5.74) is 5.62. The van der Waals surface area contributed by atoms with Crippen molar-refractivity contribution in [1.29, 1.82) is 0 Å². The van der Waals surface area contributed by atoms with Gasteiger partial charge in [0.15, 0.2) is 0 Å². The lowest BCUT2D eigenvalue weighted by atomic mass is 9.70. The first-order valence-corrected chi connectivity index (χ1v) is 5.48. The quantitative estimate of drug-likeness (QED) is 0.726. The van der Waals surface area contributed by atoms with Crippen molar-refractivity contribution in [1.82, 2.24) is 0 Å². The summed E-state index contributed by atoms with van der Waals surface area (Å²) in [5.74, 6) is 0.414. The molecule has 0 saturated heterocycles. The Morgan fingerprint density at radius 1 is 1.31 bits per heavy atom. The van der Waals surface area contributed by atoms with Gasteiger partial charge in [0.25, 0.3) is 0 Å². The normalized spacial score (nSPS) is 21.4. The monoisotopic (exact) mass is 183 g/mol. The third kappa shape index (κ3) is 2.31. The van der Waals surface area contributed by atoms with Crippen LogP contribution in [0.3, 0.4) is 0 Å². The molecule has 0 unspecified atom stereocenters. The summed E-state index contributed by atoms with van der Waals surface area (Å²) in [7, 11) is 0. The SMILES string of the molecule is CCCC(=O)C1(CN)CCCCC1. The summed E-state index contributed by atoms with van der Waals surface area (Å²) < 4.78 is 0. The fourth-order valence-corrected chi connectivity index (χ4v) is 2.32. The number of rotatable bonds is 4. The highest BCUT2D eigenvalue weighted by Crippen LogP contribution is 2.37. The molecule has 1 rings (SSSR count). The van der Waals surface area contributed by atoms with E-state index in [2.05, 4.69) is 6.92 Å². The summed E-state index contributed by atoms with van der Waals surface area (Å²) in [6.07, 6.45) is 7.39. The Morgan fingerprint density at radius 2 is 1.92 bits per heavy atom. The van der Waals surface area contributed by atoms with Crippen molar-refractivity contribution >= 4 is 5.78 Å². The van der Waals surface area contributed by atoms with Gasteiger partial charge in [0.05, 0.1) is 0 Å². The van der Waals surface area contributed by atoms with Gasteiger partial charge in [0.1, 0.15) is 5.78 Å². The third-order valence-electron chi connectivity index (χ3n) is 3.27.